The molecule has 0 saturated carbocycles. The number of aromatic nitrogens is 4. The molecule has 2 heterocycles. The predicted molar refractivity (Wildman–Crippen MR) is 78.7 cm³/mol. The van der Waals surface area contributed by atoms with Crippen molar-refractivity contribution in [3.63, 3.8) is 0 Å². The zero-order valence-electron chi connectivity index (χ0n) is 10.2. The second kappa shape index (κ2) is 4.91. The molecule has 0 saturated heterocycles. The molecule has 106 valence electrons. The molecule has 3 rings (SSSR count). The van der Waals surface area contributed by atoms with E-state index in [0.29, 0.717) is 26.1 Å². The summed E-state index contributed by atoms with van der Waals surface area (Å²) in [6, 6.07) is -0.604. The Hall–Kier alpha value is -1.30. The van der Waals surface area contributed by atoms with Crippen LogP contribution in [0.2, 0.25) is 0 Å². The number of rotatable bonds is 2. The number of nitrogen functional groups attached to an aromatic ring is 1. The summed E-state index contributed by atoms with van der Waals surface area (Å²) in [4.78, 5) is 8.05. The fourth-order valence-electron chi connectivity index (χ4n) is 2.34. The first-order chi connectivity index (χ1) is 9.54. The Morgan fingerprint density at radius 3 is 2.75 bits per heavy atom. The molecule has 3 unspecified atom stereocenters. The summed E-state index contributed by atoms with van der Waals surface area (Å²) in [6.45, 7) is -0.317. The van der Waals surface area contributed by atoms with E-state index in [1.807, 2.05) is 22.6 Å². The lowest BCUT2D eigenvalue weighted by Crippen LogP contribution is -2.30. The number of nitrogens with zero attached hydrogens (tertiary/aromatic N) is 4. The minimum atomic E-state index is -1.11. The predicted octanol–water partition coefficient (Wildman–Crippen LogP) is -0.792. The number of aliphatic hydroxyl groups excluding tert-OH is 3. The summed E-state index contributed by atoms with van der Waals surface area (Å²) in [6.07, 6.45) is 0.713. The molecule has 2 aromatic heterocycles. The van der Waals surface area contributed by atoms with Crippen LogP contribution in [-0.4, -0.2) is 53.9 Å². The highest BCUT2D eigenvalue weighted by Crippen LogP contribution is 2.33. The summed E-state index contributed by atoms with van der Waals surface area (Å²) in [7, 11) is 0. The molecule has 5 N–H and O–H groups in total. The number of hydrogen-bond donors (Lipinski definition) is 4. The molecule has 0 amide bonds. The quantitative estimate of drug-likeness (QED) is 0.391. The van der Waals surface area contributed by atoms with Gasteiger partial charge in [0.2, 0.25) is 0 Å². The Balaban J connectivity index is 2.17. The van der Waals surface area contributed by atoms with Gasteiger partial charge in [-0.3, -0.25) is 0 Å². The van der Waals surface area contributed by atoms with Gasteiger partial charge >= 0.3 is 0 Å². The maximum atomic E-state index is 10.1. The zero-order chi connectivity index (χ0) is 14.4. The molecule has 0 radical (unpaired) electrons. The second-order valence-corrected chi connectivity index (χ2v) is 5.54. The van der Waals surface area contributed by atoms with Gasteiger partial charge in [0.05, 0.1) is 12.0 Å². The van der Waals surface area contributed by atoms with Gasteiger partial charge in [-0.1, -0.05) is 6.08 Å². The topological polar surface area (TPSA) is 130 Å². The van der Waals surface area contributed by atoms with Crippen LogP contribution in [0.5, 0.6) is 0 Å². The molecular weight excluding hydrogens is 377 g/mol. The average Bonchev–Trinajstić information content (AvgIpc) is 2.90. The minimum absolute atomic E-state index is 0.310. The van der Waals surface area contributed by atoms with Crippen molar-refractivity contribution in [2.45, 2.75) is 18.2 Å². The van der Waals surface area contributed by atoms with E-state index in [-0.39, 0.29) is 6.61 Å². The van der Waals surface area contributed by atoms with Gasteiger partial charge in [0.1, 0.15) is 34.1 Å². The summed E-state index contributed by atoms with van der Waals surface area (Å²) < 4.78 is 2.11. The molecular formula is C11H12IN5O3. The van der Waals surface area contributed by atoms with Crippen LogP contribution in [0, 0.1) is 3.70 Å². The van der Waals surface area contributed by atoms with Crippen LogP contribution >= 0.6 is 22.6 Å². The van der Waals surface area contributed by atoms with Crippen LogP contribution < -0.4 is 5.73 Å². The van der Waals surface area contributed by atoms with Gasteiger partial charge in [0.15, 0.2) is 5.65 Å². The van der Waals surface area contributed by atoms with Gasteiger partial charge in [-0.2, -0.15) is 5.10 Å². The first kappa shape index (κ1) is 13.7. The van der Waals surface area contributed by atoms with E-state index >= 15 is 0 Å². The van der Waals surface area contributed by atoms with E-state index < -0.39 is 18.2 Å². The van der Waals surface area contributed by atoms with Crippen LogP contribution in [0.15, 0.2) is 18.0 Å². The zero-order valence-corrected chi connectivity index (χ0v) is 12.3. The van der Waals surface area contributed by atoms with Crippen molar-refractivity contribution < 1.29 is 15.3 Å². The van der Waals surface area contributed by atoms with Crippen molar-refractivity contribution in [1.29, 1.82) is 0 Å². The SMILES string of the molecule is Nc1ncnc2c1c(I)nn2C1C=C(CO)C(O)C1O. The van der Waals surface area contributed by atoms with Crippen molar-refractivity contribution in [1.82, 2.24) is 19.7 Å². The lowest BCUT2D eigenvalue weighted by molar-refractivity contribution is 0.0264. The van der Waals surface area contributed by atoms with Crippen molar-refractivity contribution >= 4 is 39.4 Å². The maximum absolute atomic E-state index is 10.1. The Bertz CT molecular complexity index is 701. The number of halogens is 1. The largest absolute Gasteiger partial charge is 0.392 e. The molecule has 0 fully saturated rings. The third-order valence-corrected chi connectivity index (χ3v) is 4.13. The number of aliphatic hydroxyl groups is 3. The Kier molecular flexibility index (Phi) is 3.36. The first-order valence-corrected chi connectivity index (χ1v) is 6.94. The molecule has 0 aromatic carbocycles. The van der Waals surface area contributed by atoms with Crippen LogP contribution in [-0.2, 0) is 0 Å². The van der Waals surface area contributed by atoms with Crippen LogP contribution in [0.25, 0.3) is 11.0 Å². The van der Waals surface area contributed by atoms with Gasteiger partial charge in [0, 0.05) is 0 Å². The molecule has 1 aliphatic carbocycles. The van der Waals surface area contributed by atoms with E-state index in [2.05, 4.69) is 15.1 Å². The minimum Gasteiger partial charge on any atom is -0.392 e. The lowest BCUT2D eigenvalue weighted by atomic mass is 10.1. The molecule has 20 heavy (non-hydrogen) atoms. The van der Waals surface area contributed by atoms with Crippen LogP contribution in [0.4, 0.5) is 5.82 Å². The third-order valence-electron chi connectivity index (χ3n) is 3.38. The molecule has 2 aromatic rings. The molecule has 3 atom stereocenters. The van der Waals surface area contributed by atoms with Crippen molar-refractivity contribution in [2.75, 3.05) is 12.3 Å². The van der Waals surface area contributed by atoms with E-state index in [9.17, 15) is 10.2 Å². The standard InChI is InChI=1S/C11H12IN5O3/c12-9-6-10(13)14-3-15-11(6)17(16-9)5-1-4(2-18)7(19)8(5)20/h1,3,5,7-8,18-20H,2H2,(H2,13,14,15). The number of hydrogen-bond acceptors (Lipinski definition) is 7. The van der Waals surface area contributed by atoms with E-state index in [1.165, 1.54) is 11.0 Å². The van der Waals surface area contributed by atoms with Crippen LogP contribution in [0.3, 0.4) is 0 Å². The third kappa shape index (κ3) is 1.89. The number of nitrogens with two attached hydrogens (primary N) is 1. The van der Waals surface area contributed by atoms with E-state index in [1.54, 1.807) is 6.08 Å². The fourth-order valence-corrected chi connectivity index (χ4v) is 3.09. The summed E-state index contributed by atoms with van der Waals surface area (Å²) in [5, 5.41) is 34.0. The van der Waals surface area contributed by atoms with E-state index in [0.717, 1.165) is 0 Å². The average molecular weight is 389 g/mol. The summed E-state index contributed by atoms with van der Waals surface area (Å²) in [5.41, 5.74) is 6.65. The number of anilines is 1. The molecule has 0 bridgehead atoms. The van der Waals surface area contributed by atoms with Crippen molar-refractivity contribution in [2.24, 2.45) is 0 Å². The Morgan fingerprint density at radius 2 is 2.10 bits per heavy atom. The van der Waals surface area contributed by atoms with Gasteiger partial charge in [-0.15, -0.1) is 0 Å². The highest BCUT2D eigenvalue weighted by atomic mass is 127. The highest BCUT2D eigenvalue weighted by Gasteiger charge is 2.37. The van der Waals surface area contributed by atoms with Gasteiger partial charge in [-0.25, -0.2) is 14.6 Å². The van der Waals surface area contributed by atoms with E-state index in [4.69, 9.17) is 10.8 Å². The molecule has 1 aliphatic rings. The summed E-state index contributed by atoms with van der Waals surface area (Å²) in [5.74, 6) is 0.310. The second-order valence-electron chi connectivity index (χ2n) is 4.52. The van der Waals surface area contributed by atoms with Gasteiger partial charge < -0.3 is 21.1 Å². The van der Waals surface area contributed by atoms with Crippen molar-refractivity contribution in [3.05, 3.63) is 21.7 Å². The normalized spacial score (nSPS) is 26.2. The lowest BCUT2D eigenvalue weighted by Gasteiger charge is -2.17. The highest BCUT2D eigenvalue weighted by molar-refractivity contribution is 14.1. The van der Waals surface area contributed by atoms with Crippen molar-refractivity contribution in [3.8, 4) is 0 Å². The number of fused-ring (bicyclic) bond motifs is 1. The monoisotopic (exact) mass is 389 g/mol. The molecule has 0 aliphatic heterocycles. The van der Waals surface area contributed by atoms with Gasteiger partial charge in [0.25, 0.3) is 0 Å². The smallest absolute Gasteiger partial charge is 0.165 e. The molecule has 9 heteroatoms. The maximum Gasteiger partial charge on any atom is 0.165 e. The van der Waals surface area contributed by atoms with Gasteiger partial charge in [-0.05, 0) is 28.2 Å². The molecule has 0 spiro atoms. The Labute approximate surface area is 127 Å². The van der Waals surface area contributed by atoms with Crippen LogP contribution in [0.1, 0.15) is 6.04 Å². The first-order valence-electron chi connectivity index (χ1n) is 5.86. The fraction of sp³-hybridized carbons (Fsp3) is 0.364. The Morgan fingerprint density at radius 1 is 1.35 bits per heavy atom. The summed E-state index contributed by atoms with van der Waals surface area (Å²) >= 11 is 2.01. The molecule has 8 nitrogen and oxygen atoms in total.